The van der Waals surface area contributed by atoms with Crippen LogP contribution in [0.3, 0.4) is 0 Å². The molecule has 0 aromatic heterocycles. The molecule has 3 heteroatoms. The zero-order valence-electron chi connectivity index (χ0n) is 7.70. The summed E-state index contributed by atoms with van der Waals surface area (Å²) in [5, 5.41) is 0. The highest BCUT2D eigenvalue weighted by Gasteiger charge is 2.17. The number of hydrogen-bond acceptors (Lipinski definition) is 1. The van der Waals surface area contributed by atoms with Gasteiger partial charge in [-0.2, -0.15) is 4.79 Å². The quantitative estimate of drug-likeness (QED) is 0.426. The predicted octanol–water partition coefficient (Wildman–Crippen LogP) is 1.45. The van der Waals surface area contributed by atoms with E-state index in [9.17, 15) is 0 Å². The van der Waals surface area contributed by atoms with Gasteiger partial charge < -0.3 is 10.4 Å². The summed E-state index contributed by atoms with van der Waals surface area (Å²) in [5.74, 6) is 0. The molecular formula is C9H13N3. The lowest BCUT2D eigenvalue weighted by Crippen LogP contribution is -2.17. The second-order valence-electron chi connectivity index (χ2n) is 3.06. The van der Waals surface area contributed by atoms with Gasteiger partial charge in [-0.15, -0.1) is 0 Å². The zero-order valence-corrected chi connectivity index (χ0v) is 7.70. The van der Waals surface area contributed by atoms with Crippen LogP contribution in [0.25, 0.3) is 5.53 Å². The standard InChI is InChI=1S/C9H13N3/c1-7-8(11-10)5-4-6-9(7)12(2)3/h4,6H,5H2,1-3H3. The van der Waals surface area contributed by atoms with E-state index in [1.807, 2.05) is 38.1 Å². The van der Waals surface area contributed by atoms with E-state index in [4.69, 9.17) is 5.53 Å². The van der Waals surface area contributed by atoms with Gasteiger partial charge in [-0.25, -0.2) is 0 Å². The zero-order chi connectivity index (χ0) is 9.14. The van der Waals surface area contributed by atoms with E-state index in [1.165, 1.54) is 0 Å². The number of rotatable bonds is 1. The summed E-state index contributed by atoms with van der Waals surface area (Å²) < 4.78 is 0. The monoisotopic (exact) mass is 163 g/mol. The summed E-state index contributed by atoms with van der Waals surface area (Å²) >= 11 is 0. The van der Waals surface area contributed by atoms with Crippen molar-refractivity contribution in [2.75, 3.05) is 14.1 Å². The van der Waals surface area contributed by atoms with Gasteiger partial charge in [0.05, 0.1) is 12.0 Å². The fourth-order valence-electron chi connectivity index (χ4n) is 1.31. The molecule has 0 aliphatic heterocycles. The molecule has 0 aromatic rings. The molecule has 1 rings (SSSR count). The fraction of sp³-hybridized carbons (Fsp3) is 0.444. The number of allylic oxidation sites excluding steroid dienone is 3. The third-order valence-corrected chi connectivity index (χ3v) is 2.01. The van der Waals surface area contributed by atoms with Crippen LogP contribution in [0.1, 0.15) is 13.3 Å². The Balaban J connectivity index is 3.12. The van der Waals surface area contributed by atoms with Crippen LogP contribution in [0.15, 0.2) is 23.4 Å². The van der Waals surface area contributed by atoms with E-state index in [-0.39, 0.29) is 0 Å². The second-order valence-corrected chi connectivity index (χ2v) is 3.06. The maximum Gasteiger partial charge on any atom is 0.300 e. The molecule has 0 unspecified atom stereocenters. The Morgan fingerprint density at radius 3 is 2.67 bits per heavy atom. The minimum absolute atomic E-state index is 0.722. The fourth-order valence-corrected chi connectivity index (χ4v) is 1.31. The molecule has 64 valence electrons. The Bertz CT molecular complexity index is 291. The van der Waals surface area contributed by atoms with Crippen LogP contribution in [0.2, 0.25) is 0 Å². The Hall–Kier alpha value is -1.34. The minimum atomic E-state index is 0.722. The third-order valence-electron chi connectivity index (χ3n) is 2.01. The average molecular weight is 163 g/mol. The molecule has 3 nitrogen and oxygen atoms in total. The lowest BCUT2D eigenvalue weighted by molar-refractivity contribution is -0.00665. The molecule has 0 spiro atoms. The lowest BCUT2D eigenvalue weighted by Gasteiger charge is -2.17. The van der Waals surface area contributed by atoms with E-state index >= 15 is 0 Å². The van der Waals surface area contributed by atoms with E-state index in [1.54, 1.807) is 0 Å². The van der Waals surface area contributed by atoms with Gasteiger partial charge >= 0.3 is 5.71 Å². The highest BCUT2D eigenvalue weighted by atomic mass is 15.1. The van der Waals surface area contributed by atoms with Crippen LogP contribution in [0.4, 0.5) is 0 Å². The Labute approximate surface area is 72.6 Å². The molecule has 0 heterocycles. The first kappa shape index (κ1) is 8.75. The van der Waals surface area contributed by atoms with E-state index in [0.29, 0.717) is 0 Å². The van der Waals surface area contributed by atoms with Crippen LogP contribution >= 0.6 is 0 Å². The minimum Gasteiger partial charge on any atom is -0.377 e. The second kappa shape index (κ2) is 3.37. The van der Waals surface area contributed by atoms with E-state index < -0.39 is 0 Å². The third kappa shape index (κ3) is 1.46. The van der Waals surface area contributed by atoms with Gasteiger partial charge in [0.15, 0.2) is 0 Å². The van der Waals surface area contributed by atoms with Crippen LogP contribution < -0.4 is 0 Å². The highest BCUT2D eigenvalue weighted by Crippen LogP contribution is 2.16. The first-order valence-corrected chi connectivity index (χ1v) is 3.93. The summed E-state index contributed by atoms with van der Waals surface area (Å²) in [5.41, 5.74) is 11.6. The van der Waals surface area contributed by atoms with Crippen molar-refractivity contribution in [1.82, 2.24) is 4.90 Å². The van der Waals surface area contributed by atoms with Crippen LogP contribution in [-0.2, 0) is 0 Å². The van der Waals surface area contributed by atoms with E-state index in [2.05, 4.69) is 4.79 Å². The van der Waals surface area contributed by atoms with Crippen molar-refractivity contribution >= 4 is 5.71 Å². The summed E-state index contributed by atoms with van der Waals surface area (Å²) in [6.45, 7) is 1.97. The highest BCUT2D eigenvalue weighted by molar-refractivity contribution is 5.98. The molecular weight excluding hydrogens is 150 g/mol. The van der Waals surface area contributed by atoms with Gasteiger partial charge in [-0.1, -0.05) is 6.08 Å². The normalized spacial score (nSPS) is 16.4. The van der Waals surface area contributed by atoms with E-state index in [0.717, 1.165) is 23.4 Å². The van der Waals surface area contributed by atoms with Crippen LogP contribution in [-0.4, -0.2) is 29.5 Å². The molecule has 0 bridgehead atoms. The Morgan fingerprint density at radius 1 is 1.50 bits per heavy atom. The van der Waals surface area contributed by atoms with Gasteiger partial charge in [-0.05, 0) is 13.0 Å². The van der Waals surface area contributed by atoms with Gasteiger partial charge in [0.25, 0.3) is 0 Å². The maximum atomic E-state index is 8.66. The molecule has 0 fully saturated rings. The molecule has 12 heavy (non-hydrogen) atoms. The molecule has 0 radical (unpaired) electrons. The summed E-state index contributed by atoms with van der Waals surface area (Å²) in [6.07, 6.45) is 4.76. The summed E-state index contributed by atoms with van der Waals surface area (Å²) in [4.78, 5) is 5.25. The number of hydrogen-bond donors (Lipinski definition) is 0. The Kier molecular flexibility index (Phi) is 2.46. The van der Waals surface area contributed by atoms with Crippen molar-refractivity contribution in [3.8, 4) is 0 Å². The van der Waals surface area contributed by atoms with Gasteiger partial charge in [-0.3, -0.25) is 0 Å². The van der Waals surface area contributed by atoms with Gasteiger partial charge in [0.1, 0.15) is 0 Å². The predicted molar refractivity (Wildman–Crippen MR) is 48.8 cm³/mol. The molecule has 0 saturated heterocycles. The summed E-state index contributed by atoms with van der Waals surface area (Å²) in [6, 6.07) is 0. The average Bonchev–Trinajstić information content (AvgIpc) is 2.04. The van der Waals surface area contributed by atoms with Crippen LogP contribution in [0, 0.1) is 0 Å². The Morgan fingerprint density at radius 2 is 2.17 bits per heavy atom. The van der Waals surface area contributed by atoms with Crippen molar-refractivity contribution < 1.29 is 4.79 Å². The number of likely N-dealkylation sites (N-methyl/N-ethyl adjacent to an activating group) is 1. The first-order valence-electron chi connectivity index (χ1n) is 3.93. The van der Waals surface area contributed by atoms with Crippen molar-refractivity contribution in [2.45, 2.75) is 13.3 Å². The molecule has 1 aliphatic carbocycles. The molecule has 0 atom stereocenters. The summed E-state index contributed by atoms with van der Waals surface area (Å²) in [7, 11) is 3.95. The number of nitrogens with zero attached hydrogens (tertiary/aromatic N) is 3. The topological polar surface area (TPSA) is 39.6 Å². The van der Waals surface area contributed by atoms with Crippen molar-refractivity contribution in [3.05, 3.63) is 29.0 Å². The molecule has 0 N–H and O–H groups in total. The molecule has 0 amide bonds. The molecule has 0 aromatic carbocycles. The lowest BCUT2D eigenvalue weighted by atomic mass is 10.0. The van der Waals surface area contributed by atoms with Crippen molar-refractivity contribution in [3.63, 3.8) is 0 Å². The van der Waals surface area contributed by atoms with Crippen LogP contribution in [0.5, 0.6) is 0 Å². The molecule has 0 saturated carbocycles. The maximum absolute atomic E-state index is 8.66. The van der Waals surface area contributed by atoms with Crippen molar-refractivity contribution in [2.24, 2.45) is 0 Å². The molecule has 1 aliphatic rings. The van der Waals surface area contributed by atoms with Gasteiger partial charge in [0.2, 0.25) is 0 Å². The first-order chi connectivity index (χ1) is 5.66. The smallest absolute Gasteiger partial charge is 0.300 e. The van der Waals surface area contributed by atoms with Crippen molar-refractivity contribution in [1.29, 1.82) is 0 Å². The van der Waals surface area contributed by atoms with Gasteiger partial charge in [0, 0.05) is 19.8 Å². The largest absolute Gasteiger partial charge is 0.377 e. The SMILES string of the molecule is CC1=C(N(C)C)C=CCC1=[N+]=[N-].